The molecule has 0 atom stereocenters. The van der Waals surface area contributed by atoms with Crippen LogP contribution in [0.15, 0.2) is 0 Å². The van der Waals surface area contributed by atoms with E-state index in [1.54, 1.807) is 0 Å². The Morgan fingerprint density at radius 3 is 2.64 bits per heavy atom. The Labute approximate surface area is 88.3 Å². The van der Waals surface area contributed by atoms with E-state index in [9.17, 15) is 0 Å². The Balaban J connectivity index is 2.21. The first kappa shape index (κ1) is 12.0. The van der Waals surface area contributed by atoms with E-state index >= 15 is 0 Å². The van der Waals surface area contributed by atoms with Crippen molar-refractivity contribution in [3.63, 3.8) is 0 Å². The van der Waals surface area contributed by atoms with Crippen LogP contribution in [-0.4, -0.2) is 36.2 Å². The van der Waals surface area contributed by atoms with Crippen LogP contribution in [0, 0.1) is 5.41 Å². The van der Waals surface area contributed by atoms with E-state index < -0.39 is 0 Å². The Bertz CT molecular complexity index is 156. The summed E-state index contributed by atoms with van der Waals surface area (Å²) in [4.78, 5) is 2.56. The van der Waals surface area contributed by atoms with E-state index in [4.69, 9.17) is 5.11 Å². The van der Waals surface area contributed by atoms with Crippen LogP contribution in [0.2, 0.25) is 0 Å². The maximum absolute atomic E-state index is 8.72. The molecule has 0 radical (unpaired) electrons. The standard InChI is InChI=1S/C12H25NO/c1-12(2)6-5-9-13(10-7-12)8-3-4-11-14/h14H,3-11H2,1-2H3. The Morgan fingerprint density at radius 2 is 1.93 bits per heavy atom. The highest BCUT2D eigenvalue weighted by molar-refractivity contribution is 4.75. The fourth-order valence-electron chi connectivity index (χ4n) is 2.15. The summed E-state index contributed by atoms with van der Waals surface area (Å²) in [5.74, 6) is 0. The molecule has 1 rings (SSSR count). The van der Waals surface area contributed by atoms with Gasteiger partial charge >= 0.3 is 0 Å². The van der Waals surface area contributed by atoms with Gasteiger partial charge in [-0.1, -0.05) is 13.8 Å². The second kappa shape index (κ2) is 5.72. The molecular formula is C12H25NO. The Hall–Kier alpha value is -0.0800. The van der Waals surface area contributed by atoms with Crippen molar-refractivity contribution < 1.29 is 5.11 Å². The number of likely N-dealkylation sites (tertiary alicyclic amines) is 1. The van der Waals surface area contributed by atoms with Gasteiger partial charge in [0.15, 0.2) is 0 Å². The van der Waals surface area contributed by atoms with Gasteiger partial charge in [-0.3, -0.25) is 0 Å². The van der Waals surface area contributed by atoms with Crippen LogP contribution in [0.5, 0.6) is 0 Å². The van der Waals surface area contributed by atoms with Crippen LogP contribution < -0.4 is 0 Å². The minimum atomic E-state index is 0.347. The lowest BCUT2D eigenvalue weighted by Gasteiger charge is -2.23. The molecule has 0 aromatic rings. The zero-order chi connectivity index (χ0) is 10.4. The highest BCUT2D eigenvalue weighted by atomic mass is 16.2. The van der Waals surface area contributed by atoms with Gasteiger partial charge in [0.1, 0.15) is 0 Å². The molecule has 1 aliphatic rings. The molecule has 0 amide bonds. The van der Waals surface area contributed by atoms with Crippen molar-refractivity contribution in [2.75, 3.05) is 26.2 Å². The first-order chi connectivity index (χ1) is 6.64. The van der Waals surface area contributed by atoms with Gasteiger partial charge in [0.05, 0.1) is 0 Å². The topological polar surface area (TPSA) is 23.5 Å². The molecule has 0 saturated carbocycles. The van der Waals surface area contributed by atoms with Crippen molar-refractivity contribution in [3.05, 3.63) is 0 Å². The van der Waals surface area contributed by atoms with Crippen LogP contribution in [0.3, 0.4) is 0 Å². The SMILES string of the molecule is CC1(C)CCCN(CCCCO)CC1. The molecule has 1 fully saturated rings. The van der Waals surface area contributed by atoms with Gasteiger partial charge < -0.3 is 10.0 Å². The molecule has 0 unspecified atom stereocenters. The average molecular weight is 199 g/mol. The number of aliphatic hydroxyl groups is 1. The second-order valence-electron chi connectivity index (χ2n) is 5.29. The van der Waals surface area contributed by atoms with E-state index in [0.717, 1.165) is 12.8 Å². The Morgan fingerprint density at radius 1 is 1.14 bits per heavy atom. The summed E-state index contributed by atoms with van der Waals surface area (Å²) in [5, 5.41) is 8.72. The summed E-state index contributed by atoms with van der Waals surface area (Å²) < 4.78 is 0. The van der Waals surface area contributed by atoms with Gasteiger partial charge in [-0.15, -0.1) is 0 Å². The molecule has 2 nitrogen and oxygen atoms in total. The number of hydrogen-bond donors (Lipinski definition) is 1. The second-order valence-corrected chi connectivity index (χ2v) is 5.29. The maximum Gasteiger partial charge on any atom is 0.0431 e. The highest BCUT2D eigenvalue weighted by Crippen LogP contribution is 2.29. The number of aliphatic hydroxyl groups excluding tert-OH is 1. The molecule has 0 aromatic heterocycles. The Kier molecular flexibility index (Phi) is 4.90. The normalized spacial score (nSPS) is 23.4. The zero-order valence-electron chi connectivity index (χ0n) is 9.76. The molecule has 1 heterocycles. The molecule has 0 aromatic carbocycles. The maximum atomic E-state index is 8.72. The summed E-state index contributed by atoms with van der Waals surface area (Å²) in [7, 11) is 0. The van der Waals surface area contributed by atoms with Gasteiger partial charge in [0, 0.05) is 6.61 Å². The monoisotopic (exact) mass is 199 g/mol. The largest absolute Gasteiger partial charge is 0.396 e. The number of unbranched alkanes of at least 4 members (excludes halogenated alkanes) is 1. The van der Waals surface area contributed by atoms with Crippen LogP contribution in [-0.2, 0) is 0 Å². The summed E-state index contributed by atoms with van der Waals surface area (Å²) >= 11 is 0. The van der Waals surface area contributed by atoms with Crippen molar-refractivity contribution in [3.8, 4) is 0 Å². The van der Waals surface area contributed by atoms with E-state index in [0.29, 0.717) is 12.0 Å². The lowest BCUT2D eigenvalue weighted by molar-refractivity contribution is 0.238. The molecule has 1 N–H and O–H groups in total. The fraction of sp³-hybridized carbons (Fsp3) is 1.00. The van der Waals surface area contributed by atoms with E-state index in [1.165, 1.54) is 38.9 Å². The first-order valence-electron chi connectivity index (χ1n) is 5.97. The van der Waals surface area contributed by atoms with E-state index in [2.05, 4.69) is 18.7 Å². The molecule has 84 valence electrons. The lowest BCUT2D eigenvalue weighted by atomic mass is 9.85. The van der Waals surface area contributed by atoms with E-state index in [-0.39, 0.29) is 0 Å². The summed E-state index contributed by atoms with van der Waals surface area (Å²) in [6.45, 7) is 8.79. The van der Waals surface area contributed by atoms with Crippen molar-refractivity contribution in [1.29, 1.82) is 0 Å². The van der Waals surface area contributed by atoms with Gasteiger partial charge in [-0.2, -0.15) is 0 Å². The van der Waals surface area contributed by atoms with Gasteiger partial charge in [0.25, 0.3) is 0 Å². The van der Waals surface area contributed by atoms with Gasteiger partial charge in [-0.05, 0) is 57.2 Å². The van der Waals surface area contributed by atoms with Crippen molar-refractivity contribution in [2.24, 2.45) is 5.41 Å². The van der Waals surface area contributed by atoms with Crippen molar-refractivity contribution in [1.82, 2.24) is 4.90 Å². The minimum absolute atomic E-state index is 0.347. The van der Waals surface area contributed by atoms with Crippen molar-refractivity contribution in [2.45, 2.75) is 46.0 Å². The molecule has 0 bridgehead atoms. The van der Waals surface area contributed by atoms with Crippen molar-refractivity contribution >= 4 is 0 Å². The predicted molar refractivity (Wildman–Crippen MR) is 60.4 cm³/mol. The zero-order valence-corrected chi connectivity index (χ0v) is 9.76. The van der Waals surface area contributed by atoms with E-state index in [1.807, 2.05) is 0 Å². The summed E-state index contributed by atoms with van der Waals surface area (Å²) in [6.07, 6.45) is 6.14. The molecule has 0 aliphatic carbocycles. The van der Waals surface area contributed by atoms with Gasteiger partial charge in [0.2, 0.25) is 0 Å². The molecule has 14 heavy (non-hydrogen) atoms. The quantitative estimate of drug-likeness (QED) is 0.702. The molecular weight excluding hydrogens is 174 g/mol. The third kappa shape index (κ3) is 4.43. The average Bonchev–Trinajstić information content (AvgIpc) is 2.28. The fourth-order valence-corrected chi connectivity index (χ4v) is 2.15. The molecule has 2 heteroatoms. The number of nitrogens with zero attached hydrogens (tertiary/aromatic N) is 1. The summed E-state index contributed by atoms with van der Waals surface area (Å²) in [6, 6.07) is 0. The highest BCUT2D eigenvalue weighted by Gasteiger charge is 2.22. The third-order valence-corrected chi connectivity index (χ3v) is 3.32. The third-order valence-electron chi connectivity index (χ3n) is 3.32. The molecule has 1 aliphatic heterocycles. The lowest BCUT2D eigenvalue weighted by Crippen LogP contribution is -2.26. The first-order valence-corrected chi connectivity index (χ1v) is 5.97. The summed E-state index contributed by atoms with van der Waals surface area (Å²) in [5.41, 5.74) is 0.547. The van der Waals surface area contributed by atoms with Crippen LogP contribution in [0.4, 0.5) is 0 Å². The van der Waals surface area contributed by atoms with Gasteiger partial charge in [-0.25, -0.2) is 0 Å². The molecule has 0 spiro atoms. The number of hydrogen-bond acceptors (Lipinski definition) is 2. The van der Waals surface area contributed by atoms with Crippen LogP contribution in [0.1, 0.15) is 46.0 Å². The molecule has 1 saturated heterocycles. The smallest absolute Gasteiger partial charge is 0.0431 e. The minimum Gasteiger partial charge on any atom is -0.396 e. The number of rotatable bonds is 4. The predicted octanol–water partition coefficient (Wildman–Crippen LogP) is 2.27. The van der Waals surface area contributed by atoms with Crippen LogP contribution >= 0.6 is 0 Å². The van der Waals surface area contributed by atoms with Crippen LogP contribution in [0.25, 0.3) is 0 Å².